The molecule has 3 N–H and O–H groups in total. The molecule has 7 heteroatoms. The average molecular weight is 332 g/mol. The number of aryl methyl sites for hydroxylation is 1. The molecular weight excluding hydrogens is 306 g/mol. The van der Waals surface area contributed by atoms with E-state index < -0.39 is 10.0 Å². The monoisotopic (exact) mass is 331 g/mol. The summed E-state index contributed by atoms with van der Waals surface area (Å²) in [5, 5.41) is 1.85. The Labute approximate surface area is 131 Å². The molecule has 2 heterocycles. The van der Waals surface area contributed by atoms with Crippen LogP contribution >= 0.6 is 11.3 Å². The van der Waals surface area contributed by atoms with Crippen LogP contribution < -0.4 is 10.5 Å². The van der Waals surface area contributed by atoms with E-state index in [0.29, 0.717) is 17.4 Å². The first-order valence-corrected chi connectivity index (χ1v) is 9.79. The van der Waals surface area contributed by atoms with E-state index >= 15 is 0 Å². The van der Waals surface area contributed by atoms with E-state index in [2.05, 4.69) is 16.5 Å². The Morgan fingerprint density at radius 2 is 2.10 bits per heavy atom. The number of nitrogens with two attached hydrogens (primary N) is 1. The van der Waals surface area contributed by atoms with Crippen molar-refractivity contribution in [3.8, 4) is 0 Å². The van der Waals surface area contributed by atoms with Gasteiger partial charge in [-0.25, -0.2) is 13.1 Å². The highest BCUT2D eigenvalue weighted by Crippen LogP contribution is 2.26. The lowest BCUT2D eigenvalue weighted by Crippen LogP contribution is -2.34. The molecule has 1 aliphatic rings. The van der Waals surface area contributed by atoms with Crippen LogP contribution in [0.2, 0.25) is 0 Å². The molecular formula is C14H25N3O2S2. The number of hydrogen-bond acceptors (Lipinski definition) is 5. The van der Waals surface area contributed by atoms with E-state index in [0.717, 1.165) is 30.1 Å². The molecule has 1 aromatic heterocycles. The first-order chi connectivity index (χ1) is 9.94. The highest BCUT2D eigenvalue weighted by atomic mass is 32.2. The second kappa shape index (κ2) is 7.19. The van der Waals surface area contributed by atoms with Crippen molar-refractivity contribution >= 4 is 21.4 Å². The summed E-state index contributed by atoms with van der Waals surface area (Å²) in [4.78, 5) is 3.51. The van der Waals surface area contributed by atoms with Gasteiger partial charge in [-0.3, -0.25) is 0 Å². The maximum Gasteiger partial charge on any atom is 0.241 e. The number of rotatable bonds is 7. The van der Waals surface area contributed by atoms with Crippen molar-refractivity contribution in [2.24, 2.45) is 11.7 Å². The van der Waals surface area contributed by atoms with Crippen LogP contribution in [0.15, 0.2) is 10.3 Å². The smallest absolute Gasteiger partial charge is 0.241 e. The minimum atomic E-state index is -3.46. The molecule has 0 amide bonds. The van der Waals surface area contributed by atoms with Crippen LogP contribution in [0.5, 0.6) is 0 Å². The summed E-state index contributed by atoms with van der Waals surface area (Å²) in [6.45, 7) is 7.87. The Kier molecular flexibility index (Phi) is 5.79. The second-order valence-electron chi connectivity index (χ2n) is 5.84. The van der Waals surface area contributed by atoms with Crippen LogP contribution in [0.25, 0.3) is 0 Å². The van der Waals surface area contributed by atoms with Gasteiger partial charge < -0.3 is 10.6 Å². The third-order valence-corrected chi connectivity index (χ3v) is 6.74. The molecule has 0 saturated carbocycles. The van der Waals surface area contributed by atoms with E-state index in [1.807, 2.05) is 12.3 Å². The molecule has 120 valence electrons. The normalized spacial score (nSPS) is 18.2. The van der Waals surface area contributed by atoms with Crippen LogP contribution in [-0.2, 0) is 16.6 Å². The summed E-state index contributed by atoms with van der Waals surface area (Å²) in [6, 6.07) is 0. The zero-order valence-electron chi connectivity index (χ0n) is 12.8. The predicted molar refractivity (Wildman–Crippen MR) is 87.0 cm³/mol. The lowest BCUT2D eigenvalue weighted by atomic mass is 10.2. The molecule has 1 saturated heterocycles. The lowest BCUT2D eigenvalue weighted by Gasteiger charge is -2.20. The van der Waals surface area contributed by atoms with Gasteiger partial charge in [0.25, 0.3) is 0 Å². The summed E-state index contributed by atoms with van der Waals surface area (Å²) >= 11 is 1.41. The van der Waals surface area contributed by atoms with Crippen molar-refractivity contribution < 1.29 is 8.42 Å². The maximum absolute atomic E-state index is 12.5. The fourth-order valence-electron chi connectivity index (χ4n) is 2.78. The van der Waals surface area contributed by atoms with E-state index in [-0.39, 0.29) is 6.54 Å². The molecule has 1 aromatic rings. The zero-order chi connectivity index (χ0) is 15.5. The molecule has 5 nitrogen and oxygen atoms in total. The van der Waals surface area contributed by atoms with E-state index in [1.54, 1.807) is 0 Å². The van der Waals surface area contributed by atoms with Gasteiger partial charge in [-0.05, 0) is 49.7 Å². The molecule has 0 aromatic carbocycles. The molecule has 0 aliphatic carbocycles. The topological polar surface area (TPSA) is 75.4 Å². The van der Waals surface area contributed by atoms with Crippen molar-refractivity contribution in [3.63, 3.8) is 0 Å². The van der Waals surface area contributed by atoms with Crippen molar-refractivity contribution in [1.82, 2.24) is 9.62 Å². The molecule has 2 rings (SSSR count). The Balaban J connectivity index is 1.95. The minimum absolute atomic E-state index is 0.262. The van der Waals surface area contributed by atoms with Crippen LogP contribution in [0.3, 0.4) is 0 Å². The van der Waals surface area contributed by atoms with Crippen LogP contribution in [0.4, 0.5) is 0 Å². The largest absolute Gasteiger partial charge is 0.326 e. The Morgan fingerprint density at radius 1 is 1.43 bits per heavy atom. The number of sulfonamides is 1. The number of nitrogens with one attached hydrogen (secondary N) is 1. The van der Waals surface area contributed by atoms with Crippen LogP contribution in [0, 0.1) is 12.8 Å². The predicted octanol–water partition coefficient (Wildman–Crippen LogP) is 1.53. The van der Waals surface area contributed by atoms with Gasteiger partial charge in [-0.1, -0.05) is 6.92 Å². The summed E-state index contributed by atoms with van der Waals surface area (Å²) < 4.78 is 27.7. The Morgan fingerprint density at radius 3 is 2.71 bits per heavy atom. The van der Waals surface area contributed by atoms with Gasteiger partial charge >= 0.3 is 0 Å². The summed E-state index contributed by atoms with van der Waals surface area (Å²) in [5.41, 5.74) is 6.41. The van der Waals surface area contributed by atoms with E-state index in [9.17, 15) is 8.42 Å². The van der Waals surface area contributed by atoms with E-state index in [1.165, 1.54) is 24.2 Å². The third kappa shape index (κ3) is 4.26. The molecule has 21 heavy (non-hydrogen) atoms. The van der Waals surface area contributed by atoms with E-state index in [4.69, 9.17) is 5.73 Å². The Hall–Kier alpha value is -0.470. The lowest BCUT2D eigenvalue weighted by molar-refractivity contribution is 0.288. The van der Waals surface area contributed by atoms with Crippen LogP contribution in [0.1, 0.15) is 30.2 Å². The summed E-state index contributed by atoms with van der Waals surface area (Å²) in [5.74, 6) is 0.304. The minimum Gasteiger partial charge on any atom is -0.326 e. The van der Waals surface area contributed by atoms with Crippen molar-refractivity contribution in [2.75, 3.05) is 26.2 Å². The van der Waals surface area contributed by atoms with Gasteiger partial charge in [0.05, 0.1) is 0 Å². The highest BCUT2D eigenvalue weighted by Gasteiger charge is 2.23. The highest BCUT2D eigenvalue weighted by molar-refractivity contribution is 7.89. The van der Waals surface area contributed by atoms with Gasteiger partial charge in [0.15, 0.2) is 0 Å². The molecule has 1 unspecified atom stereocenters. The number of hydrogen-bond donors (Lipinski definition) is 2. The molecule has 1 aliphatic heterocycles. The Bertz CT molecular complexity index is 563. The zero-order valence-corrected chi connectivity index (χ0v) is 14.4. The third-order valence-electron chi connectivity index (χ3n) is 3.83. The first kappa shape index (κ1) is 16.9. The maximum atomic E-state index is 12.5. The van der Waals surface area contributed by atoms with Gasteiger partial charge in [0.1, 0.15) is 4.90 Å². The average Bonchev–Trinajstić information content (AvgIpc) is 3.06. The fourth-order valence-corrected chi connectivity index (χ4v) is 5.65. The quantitative estimate of drug-likeness (QED) is 0.794. The SMILES string of the molecule is Cc1csc(CN)c1S(=O)(=O)NCC(C)CN1CCCC1. The molecule has 0 bridgehead atoms. The van der Waals surface area contributed by atoms with Crippen molar-refractivity contribution in [1.29, 1.82) is 0 Å². The summed E-state index contributed by atoms with van der Waals surface area (Å²) in [6.07, 6.45) is 2.51. The number of likely N-dealkylation sites (tertiary alicyclic amines) is 1. The first-order valence-electron chi connectivity index (χ1n) is 7.43. The number of nitrogens with zero attached hydrogens (tertiary/aromatic N) is 1. The van der Waals surface area contributed by atoms with Crippen molar-refractivity contribution in [3.05, 3.63) is 15.8 Å². The summed E-state index contributed by atoms with van der Waals surface area (Å²) in [7, 11) is -3.46. The van der Waals surface area contributed by atoms with Crippen LogP contribution in [-0.4, -0.2) is 39.5 Å². The fraction of sp³-hybridized carbons (Fsp3) is 0.714. The van der Waals surface area contributed by atoms with Gasteiger partial charge in [0.2, 0.25) is 10.0 Å². The standard InChI is InChI=1S/C14H25N3O2S2/c1-11(9-17-5-3-4-6-17)8-16-21(18,19)14-12(2)10-20-13(14)7-15/h10-11,16H,3-9,15H2,1-2H3. The van der Waals surface area contributed by atoms with Gasteiger partial charge in [0, 0.05) is 24.5 Å². The number of thiophene rings is 1. The van der Waals surface area contributed by atoms with Gasteiger partial charge in [-0.2, -0.15) is 0 Å². The molecule has 0 spiro atoms. The molecule has 1 fully saturated rings. The van der Waals surface area contributed by atoms with Crippen molar-refractivity contribution in [2.45, 2.75) is 38.1 Å². The molecule has 1 atom stereocenters. The van der Waals surface area contributed by atoms with Gasteiger partial charge in [-0.15, -0.1) is 11.3 Å². The second-order valence-corrected chi connectivity index (χ2v) is 8.51. The molecule has 0 radical (unpaired) electrons.